The van der Waals surface area contributed by atoms with Crippen molar-refractivity contribution in [1.29, 1.82) is 0 Å². The molecule has 2 rings (SSSR count). The van der Waals surface area contributed by atoms with E-state index in [0.717, 1.165) is 0 Å². The Labute approximate surface area is 124 Å². The highest BCUT2D eigenvalue weighted by Crippen LogP contribution is 2.62. The number of ether oxygens (including phenoxy) is 1. The number of benzene rings is 1. The summed E-state index contributed by atoms with van der Waals surface area (Å²) in [6.07, 6.45) is -1.69. The molecule has 0 aromatic heterocycles. The Hall–Kier alpha value is -1.84. The predicted octanol–water partition coefficient (Wildman–Crippen LogP) is 2.99. The summed E-state index contributed by atoms with van der Waals surface area (Å²) in [6, 6.07) is -0.179. The van der Waals surface area contributed by atoms with Crippen LogP contribution >= 0.6 is 0 Å². The van der Waals surface area contributed by atoms with E-state index in [9.17, 15) is 40.6 Å². The molecular formula is C13H9F7O3. The van der Waals surface area contributed by atoms with Gasteiger partial charge in [-0.2, -0.15) is 17.6 Å². The first-order valence-electron chi connectivity index (χ1n) is 6.23. The fourth-order valence-electron chi connectivity index (χ4n) is 2.44. The summed E-state index contributed by atoms with van der Waals surface area (Å²) in [5.41, 5.74) is -7.74. The highest BCUT2D eigenvalue weighted by molar-refractivity contribution is 5.72. The van der Waals surface area contributed by atoms with Crippen molar-refractivity contribution < 1.29 is 45.4 Å². The van der Waals surface area contributed by atoms with Gasteiger partial charge < -0.3 is 9.84 Å². The van der Waals surface area contributed by atoms with Gasteiger partial charge in [-0.3, -0.25) is 4.79 Å². The molecule has 23 heavy (non-hydrogen) atoms. The molecule has 128 valence electrons. The second kappa shape index (κ2) is 5.08. The van der Waals surface area contributed by atoms with Crippen molar-refractivity contribution in [3.8, 4) is 0 Å². The number of hydrogen-bond donors (Lipinski definition) is 1. The number of fused-ring (bicyclic) bond motifs is 1. The summed E-state index contributed by atoms with van der Waals surface area (Å²) in [5.74, 6) is -19.2. The summed E-state index contributed by atoms with van der Waals surface area (Å²) >= 11 is 0. The van der Waals surface area contributed by atoms with Crippen LogP contribution in [-0.4, -0.2) is 23.6 Å². The molecule has 0 fully saturated rings. The van der Waals surface area contributed by atoms with E-state index in [2.05, 4.69) is 4.74 Å². The van der Waals surface area contributed by atoms with E-state index in [-0.39, 0.29) is 12.7 Å². The monoisotopic (exact) mass is 346 g/mol. The van der Waals surface area contributed by atoms with Gasteiger partial charge in [0.1, 0.15) is 0 Å². The third-order valence-electron chi connectivity index (χ3n) is 3.54. The van der Waals surface area contributed by atoms with Crippen molar-refractivity contribution in [2.24, 2.45) is 0 Å². The minimum Gasteiger partial charge on any atom is -0.466 e. The first-order chi connectivity index (χ1) is 10.4. The minimum atomic E-state index is -5.39. The first kappa shape index (κ1) is 17.5. The topological polar surface area (TPSA) is 46.5 Å². The number of aliphatic hydroxyl groups is 1. The molecule has 0 radical (unpaired) electrons. The molecule has 0 bridgehead atoms. The number of carbonyl (C=O) groups excluding carboxylic acids is 1. The number of esters is 1. The Balaban J connectivity index is 2.74. The van der Waals surface area contributed by atoms with E-state index in [0.29, 0.717) is 0 Å². The van der Waals surface area contributed by atoms with Gasteiger partial charge in [-0.25, -0.2) is 13.2 Å². The molecule has 0 amide bonds. The lowest BCUT2D eigenvalue weighted by molar-refractivity contribution is -0.287. The lowest BCUT2D eigenvalue weighted by atomic mass is 9.89. The summed E-state index contributed by atoms with van der Waals surface area (Å²) in [4.78, 5) is 11.3. The molecule has 0 saturated heterocycles. The van der Waals surface area contributed by atoms with Gasteiger partial charge in [0.2, 0.25) is 0 Å². The number of carbonyl (C=O) groups is 1. The molecule has 1 aromatic rings. The number of rotatable bonds is 3. The zero-order valence-electron chi connectivity index (χ0n) is 11.4. The molecule has 0 saturated carbocycles. The van der Waals surface area contributed by atoms with Gasteiger partial charge in [-0.05, 0) is 13.0 Å². The van der Waals surface area contributed by atoms with Crippen molar-refractivity contribution in [2.75, 3.05) is 6.61 Å². The largest absolute Gasteiger partial charge is 0.466 e. The van der Waals surface area contributed by atoms with Gasteiger partial charge in [0.25, 0.3) is 0 Å². The second-order valence-electron chi connectivity index (χ2n) is 4.90. The van der Waals surface area contributed by atoms with Crippen LogP contribution in [0.25, 0.3) is 0 Å². The van der Waals surface area contributed by atoms with Gasteiger partial charge in [-0.1, -0.05) is 0 Å². The summed E-state index contributed by atoms with van der Waals surface area (Å²) in [6.45, 7) is 0.974. The Kier molecular flexibility index (Phi) is 3.87. The first-order valence-corrected chi connectivity index (χ1v) is 6.23. The maximum absolute atomic E-state index is 14.0. The van der Waals surface area contributed by atoms with Crippen LogP contribution in [0, 0.1) is 17.5 Å². The molecule has 3 nitrogen and oxygen atoms in total. The zero-order valence-corrected chi connectivity index (χ0v) is 11.4. The van der Waals surface area contributed by atoms with Crippen LogP contribution < -0.4 is 0 Å². The van der Waals surface area contributed by atoms with Crippen molar-refractivity contribution >= 4 is 5.97 Å². The molecule has 1 atom stereocenters. The highest BCUT2D eigenvalue weighted by Gasteiger charge is 2.77. The Morgan fingerprint density at radius 2 is 1.74 bits per heavy atom. The van der Waals surface area contributed by atoms with Crippen molar-refractivity contribution in [3.05, 3.63) is 34.6 Å². The Morgan fingerprint density at radius 1 is 1.17 bits per heavy atom. The van der Waals surface area contributed by atoms with E-state index in [1.54, 1.807) is 0 Å². The second-order valence-corrected chi connectivity index (χ2v) is 4.90. The summed E-state index contributed by atoms with van der Waals surface area (Å²) < 4.78 is 99.8. The normalized spacial score (nSPS) is 24.4. The molecule has 1 aliphatic rings. The number of alkyl halides is 4. The number of hydrogen-bond acceptors (Lipinski definition) is 3. The van der Waals surface area contributed by atoms with E-state index < -0.39 is 58.4 Å². The SMILES string of the molecule is CCOC(=O)CC1(O)c2cc(F)c(F)c(F)c2C(F)(F)C1(F)F. The fraction of sp³-hybridized carbons (Fsp3) is 0.462. The van der Waals surface area contributed by atoms with Crippen molar-refractivity contribution in [2.45, 2.75) is 30.8 Å². The highest BCUT2D eigenvalue weighted by atomic mass is 19.3. The third kappa shape index (κ3) is 2.11. The van der Waals surface area contributed by atoms with E-state index >= 15 is 0 Å². The molecule has 1 aliphatic carbocycles. The average Bonchev–Trinajstić information content (AvgIpc) is 2.53. The Bertz CT molecular complexity index is 674. The van der Waals surface area contributed by atoms with Crippen LogP contribution in [0.4, 0.5) is 30.7 Å². The van der Waals surface area contributed by atoms with E-state index in [1.165, 1.54) is 6.92 Å². The predicted molar refractivity (Wildman–Crippen MR) is 60.3 cm³/mol. The van der Waals surface area contributed by atoms with Crippen LogP contribution in [0.3, 0.4) is 0 Å². The van der Waals surface area contributed by atoms with E-state index in [1.807, 2.05) is 0 Å². The van der Waals surface area contributed by atoms with Crippen LogP contribution in [0.2, 0.25) is 0 Å². The van der Waals surface area contributed by atoms with Gasteiger partial charge in [0.05, 0.1) is 18.6 Å². The number of halogens is 7. The maximum atomic E-state index is 14.0. The minimum absolute atomic E-state index is 0.179. The smallest absolute Gasteiger partial charge is 0.347 e. The molecular weight excluding hydrogens is 337 g/mol. The van der Waals surface area contributed by atoms with Crippen LogP contribution in [0.1, 0.15) is 24.5 Å². The standard InChI is InChI=1S/C13H9F7O3/c1-2-23-7(21)4-11(22)5-3-6(14)9(15)10(16)8(5)12(17,18)13(11,19)20/h3,22H,2,4H2,1H3. The molecule has 1 N–H and O–H groups in total. The van der Waals surface area contributed by atoms with Crippen LogP contribution in [-0.2, 0) is 21.1 Å². The van der Waals surface area contributed by atoms with Gasteiger partial charge in [0.15, 0.2) is 23.1 Å². The summed E-state index contributed by atoms with van der Waals surface area (Å²) in [5, 5.41) is 9.96. The molecule has 0 heterocycles. The van der Waals surface area contributed by atoms with E-state index in [4.69, 9.17) is 0 Å². The molecule has 0 spiro atoms. The average molecular weight is 346 g/mol. The molecule has 1 aromatic carbocycles. The Morgan fingerprint density at radius 3 is 2.26 bits per heavy atom. The molecule has 10 heteroatoms. The lowest BCUT2D eigenvalue weighted by Gasteiger charge is -2.31. The van der Waals surface area contributed by atoms with Gasteiger partial charge in [-0.15, -0.1) is 0 Å². The molecule has 1 unspecified atom stereocenters. The fourth-order valence-corrected chi connectivity index (χ4v) is 2.44. The lowest BCUT2D eigenvalue weighted by Crippen LogP contribution is -2.50. The quantitative estimate of drug-likeness (QED) is 0.520. The third-order valence-corrected chi connectivity index (χ3v) is 3.54. The van der Waals surface area contributed by atoms with Crippen LogP contribution in [0.5, 0.6) is 0 Å². The van der Waals surface area contributed by atoms with Gasteiger partial charge in [0, 0.05) is 5.56 Å². The van der Waals surface area contributed by atoms with Crippen LogP contribution in [0.15, 0.2) is 6.07 Å². The van der Waals surface area contributed by atoms with Gasteiger partial charge >= 0.3 is 17.8 Å². The maximum Gasteiger partial charge on any atom is 0.347 e. The van der Waals surface area contributed by atoms with Crippen molar-refractivity contribution in [3.63, 3.8) is 0 Å². The van der Waals surface area contributed by atoms with Crippen molar-refractivity contribution in [1.82, 2.24) is 0 Å². The zero-order chi connectivity index (χ0) is 17.8. The molecule has 0 aliphatic heterocycles. The summed E-state index contributed by atoms with van der Waals surface area (Å²) in [7, 11) is 0.